The Morgan fingerprint density at radius 2 is 2.15 bits per heavy atom. The molecular weight excluding hydrogens is 298 g/mol. The van der Waals surface area contributed by atoms with Crippen molar-refractivity contribution in [1.29, 1.82) is 0 Å². The van der Waals surface area contributed by atoms with E-state index in [0.717, 1.165) is 11.3 Å². The molecule has 1 aromatic rings. The third-order valence-corrected chi connectivity index (χ3v) is 3.87. The minimum Gasteiger partial charge on any atom is -0.481 e. The summed E-state index contributed by atoms with van der Waals surface area (Å²) in [6.45, 7) is 1.95. The number of hydrogen-bond donors (Lipinski definition) is 2. The highest BCUT2D eigenvalue weighted by Gasteiger charge is 2.18. The van der Waals surface area contributed by atoms with Gasteiger partial charge in [-0.3, -0.25) is 9.59 Å². The second-order valence-electron chi connectivity index (χ2n) is 4.40. The number of benzene rings is 1. The van der Waals surface area contributed by atoms with Crippen LogP contribution >= 0.6 is 23.4 Å². The molecule has 1 atom stereocenters. The Hall–Kier alpha value is -1.20. The van der Waals surface area contributed by atoms with Crippen LogP contribution in [-0.2, 0) is 4.79 Å². The summed E-state index contributed by atoms with van der Waals surface area (Å²) in [4.78, 5) is 23.9. The summed E-state index contributed by atoms with van der Waals surface area (Å²) < 4.78 is 0. The van der Waals surface area contributed by atoms with Crippen molar-refractivity contribution in [2.24, 2.45) is 0 Å². The van der Waals surface area contributed by atoms with Gasteiger partial charge in [-0.05, 0) is 30.9 Å². The molecule has 1 aromatic carbocycles. The van der Waals surface area contributed by atoms with Gasteiger partial charge < -0.3 is 10.4 Å². The van der Waals surface area contributed by atoms with E-state index in [-0.39, 0.29) is 18.4 Å². The lowest BCUT2D eigenvalue weighted by Crippen LogP contribution is -2.36. The number of hydrogen-bond acceptors (Lipinski definition) is 3. The number of carbonyl (C=O) groups excluding carboxylic acids is 1. The molecule has 1 rings (SSSR count). The molecule has 110 valence electrons. The molecule has 20 heavy (non-hydrogen) atoms. The number of nitrogens with one attached hydrogen (secondary N) is 1. The number of carboxylic acids is 1. The SMILES string of the molecule is CCCC(CC(=O)O)NC(=O)c1cc(SC)ccc1Cl. The van der Waals surface area contributed by atoms with E-state index in [0.29, 0.717) is 17.0 Å². The van der Waals surface area contributed by atoms with Crippen LogP contribution in [0.5, 0.6) is 0 Å². The highest BCUT2D eigenvalue weighted by molar-refractivity contribution is 7.98. The third kappa shape index (κ3) is 5.06. The largest absolute Gasteiger partial charge is 0.481 e. The Morgan fingerprint density at radius 1 is 1.45 bits per heavy atom. The minimum atomic E-state index is -0.923. The van der Waals surface area contributed by atoms with Gasteiger partial charge in [-0.2, -0.15) is 0 Å². The van der Waals surface area contributed by atoms with Gasteiger partial charge in [0.05, 0.1) is 17.0 Å². The molecule has 0 aromatic heterocycles. The lowest BCUT2D eigenvalue weighted by molar-refractivity contribution is -0.137. The fraction of sp³-hybridized carbons (Fsp3) is 0.429. The lowest BCUT2D eigenvalue weighted by atomic mass is 10.1. The summed E-state index contributed by atoms with van der Waals surface area (Å²) in [7, 11) is 0. The molecule has 0 fully saturated rings. The maximum atomic E-state index is 12.2. The van der Waals surface area contributed by atoms with Crippen LogP contribution < -0.4 is 5.32 Å². The van der Waals surface area contributed by atoms with Gasteiger partial charge in [-0.25, -0.2) is 0 Å². The Balaban J connectivity index is 2.85. The van der Waals surface area contributed by atoms with Gasteiger partial charge in [-0.15, -0.1) is 11.8 Å². The van der Waals surface area contributed by atoms with E-state index in [9.17, 15) is 9.59 Å². The number of amides is 1. The van der Waals surface area contributed by atoms with Crippen molar-refractivity contribution in [3.8, 4) is 0 Å². The average Bonchev–Trinajstić information content (AvgIpc) is 2.38. The molecule has 1 unspecified atom stereocenters. The zero-order valence-electron chi connectivity index (χ0n) is 11.5. The molecule has 0 heterocycles. The molecule has 0 aliphatic rings. The second kappa shape index (κ2) is 8.17. The summed E-state index contributed by atoms with van der Waals surface area (Å²) in [5, 5.41) is 12.0. The highest BCUT2D eigenvalue weighted by atomic mass is 35.5. The summed E-state index contributed by atoms with van der Waals surface area (Å²) in [5.41, 5.74) is 0.380. The van der Waals surface area contributed by atoms with Crippen molar-refractivity contribution in [2.75, 3.05) is 6.26 Å². The van der Waals surface area contributed by atoms with E-state index in [1.54, 1.807) is 12.1 Å². The number of aliphatic carboxylic acids is 1. The maximum absolute atomic E-state index is 12.2. The van der Waals surface area contributed by atoms with Gasteiger partial charge in [0.1, 0.15) is 0 Å². The average molecular weight is 316 g/mol. The van der Waals surface area contributed by atoms with Crippen LogP contribution in [0.15, 0.2) is 23.1 Å². The summed E-state index contributed by atoms with van der Waals surface area (Å²) >= 11 is 7.54. The minimum absolute atomic E-state index is 0.0839. The van der Waals surface area contributed by atoms with Gasteiger partial charge in [0, 0.05) is 10.9 Å². The normalized spacial score (nSPS) is 11.9. The summed E-state index contributed by atoms with van der Waals surface area (Å²) in [5.74, 6) is -1.25. The molecule has 1 amide bonds. The lowest BCUT2D eigenvalue weighted by Gasteiger charge is -2.16. The monoisotopic (exact) mass is 315 g/mol. The first kappa shape index (κ1) is 16.9. The van der Waals surface area contributed by atoms with E-state index in [1.165, 1.54) is 11.8 Å². The molecule has 6 heteroatoms. The van der Waals surface area contributed by atoms with Crippen LogP contribution in [0.1, 0.15) is 36.5 Å². The number of rotatable bonds is 7. The first-order chi connectivity index (χ1) is 9.47. The van der Waals surface area contributed by atoms with Crippen molar-refractivity contribution in [1.82, 2.24) is 5.32 Å². The van der Waals surface area contributed by atoms with Crippen LogP contribution in [0.2, 0.25) is 5.02 Å². The Bertz CT molecular complexity index is 493. The van der Waals surface area contributed by atoms with Crippen LogP contribution in [0.25, 0.3) is 0 Å². The number of carbonyl (C=O) groups is 2. The van der Waals surface area contributed by atoms with E-state index < -0.39 is 5.97 Å². The predicted molar refractivity (Wildman–Crippen MR) is 81.6 cm³/mol. The smallest absolute Gasteiger partial charge is 0.305 e. The first-order valence-corrected chi connectivity index (χ1v) is 7.94. The predicted octanol–water partition coefficient (Wildman–Crippen LogP) is 3.44. The number of thioether (sulfide) groups is 1. The maximum Gasteiger partial charge on any atom is 0.305 e. The molecule has 4 nitrogen and oxygen atoms in total. The van der Waals surface area contributed by atoms with Crippen molar-refractivity contribution < 1.29 is 14.7 Å². The van der Waals surface area contributed by atoms with Crippen LogP contribution in [0, 0.1) is 0 Å². The molecule has 0 spiro atoms. The van der Waals surface area contributed by atoms with Gasteiger partial charge in [-0.1, -0.05) is 24.9 Å². The molecule has 0 aliphatic carbocycles. The standard InChI is InChI=1S/C14H18ClNO3S/c1-3-4-9(7-13(17)18)16-14(19)11-8-10(20-2)5-6-12(11)15/h5-6,8-9H,3-4,7H2,1-2H3,(H,16,19)(H,17,18). The highest BCUT2D eigenvalue weighted by Crippen LogP contribution is 2.23. The van der Waals surface area contributed by atoms with Gasteiger partial charge in [0.2, 0.25) is 0 Å². The first-order valence-electron chi connectivity index (χ1n) is 6.34. The Labute approximate surface area is 127 Å². The van der Waals surface area contributed by atoms with Crippen molar-refractivity contribution >= 4 is 35.2 Å². The molecular formula is C14H18ClNO3S. The quantitative estimate of drug-likeness (QED) is 0.756. The van der Waals surface area contributed by atoms with Crippen LogP contribution in [0.3, 0.4) is 0 Å². The number of halogens is 1. The molecule has 0 aliphatic heterocycles. The van der Waals surface area contributed by atoms with Gasteiger partial charge >= 0.3 is 5.97 Å². The van der Waals surface area contributed by atoms with Gasteiger partial charge in [0.25, 0.3) is 5.91 Å². The van der Waals surface area contributed by atoms with Crippen LogP contribution in [-0.4, -0.2) is 29.3 Å². The van der Waals surface area contributed by atoms with Crippen molar-refractivity contribution in [2.45, 2.75) is 37.1 Å². The zero-order valence-corrected chi connectivity index (χ0v) is 13.1. The summed E-state index contributed by atoms with van der Waals surface area (Å²) in [6.07, 6.45) is 3.25. The Morgan fingerprint density at radius 3 is 2.70 bits per heavy atom. The van der Waals surface area contributed by atoms with E-state index >= 15 is 0 Å². The zero-order chi connectivity index (χ0) is 15.1. The van der Waals surface area contributed by atoms with Crippen molar-refractivity contribution in [3.05, 3.63) is 28.8 Å². The molecule has 0 bridgehead atoms. The van der Waals surface area contributed by atoms with Crippen molar-refractivity contribution in [3.63, 3.8) is 0 Å². The molecule has 0 radical (unpaired) electrons. The molecule has 2 N–H and O–H groups in total. The molecule has 0 saturated carbocycles. The summed E-state index contributed by atoms with van der Waals surface area (Å²) in [6, 6.07) is 4.85. The van der Waals surface area contributed by atoms with Gasteiger partial charge in [0.15, 0.2) is 0 Å². The fourth-order valence-corrected chi connectivity index (χ4v) is 2.50. The van der Waals surface area contributed by atoms with E-state index in [4.69, 9.17) is 16.7 Å². The Kier molecular flexibility index (Phi) is 6.88. The van der Waals surface area contributed by atoms with E-state index in [1.807, 2.05) is 19.2 Å². The van der Waals surface area contributed by atoms with E-state index in [2.05, 4.69) is 5.32 Å². The number of carboxylic acid groups (broad SMARTS) is 1. The third-order valence-electron chi connectivity index (χ3n) is 2.81. The topological polar surface area (TPSA) is 66.4 Å². The van der Waals surface area contributed by atoms with Crippen LogP contribution in [0.4, 0.5) is 0 Å². The second-order valence-corrected chi connectivity index (χ2v) is 5.69. The fourth-order valence-electron chi connectivity index (χ4n) is 1.85. The molecule has 0 saturated heterocycles.